The van der Waals surface area contributed by atoms with Crippen LogP contribution in [0.5, 0.6) is 0 Å². The van der Waals surface area contributed by atoms with E-state index in [1.807, 2.05) is 0 Å². The molecule has 3 heteroatoms. The highest BCUT2D eigenvalue weighted by Crippen LogP contribution is 2.30. The largest absolute Gasteiger partial charge is 0.306 e. The fraction of sp³-hybridized carbons (Fsp3) is 0.294. The van der Waals surface area contributed by atoms with E-state index in [0.29, 0.717) is 0 Å². The molecule has 0 aliphatic heterocycles. The molecule has 1 atom stereocenters. The summed E-state index contributed by atoms with van der Waals surface area (Å²) in [7, 11) is 0. The van der Waals surface area contributed by atoms with Crippen molar-refractivity contribution in [2.75, 3.05) is 6.54 Å². The molecule has 0 fully saturated rings. The number of aryl methyl sites for hydroxylation is 1. The lowest BCUT2D eigenvalue weighted by Gasteiger charge is -2.21. The van der Waals surface area contributed by atoms with E-state index < -0.39 is 0 Å². The molecule has 2 aromatic carbocycles. The third-order valence-electron chi connectivity index (χ3n) is 3.27. The van der Waals surface area contributed by atoms with Gasteiger partial charge in [0.2, 0.25) is 0 Å². The molecule has 0 aromatic heterocycles. The van der Waals surface area contributed by atoms with Gasteiger partial charge in [-0.05, 0) is 54.8 Å². The number of hydrogen-bond donors (Lipinski definition) is 1. The average molecular weight is 397 g/mol. The Labute approximate surface area is 138 Å². The molecule has 2 rings (SSSR count). The van der Waals surface area contributed by atoms with E-state index in [-0.39, 0.29) is 6.04 Å². The van der Waals surface area contributed by atoms with E-state index >= 15 is 0 Å². The van der Waals surface area contributed by atoms with E-state index in [4.69, 9.17) is 0 Å². The Morgan fingerprint density at radius 3 is 2.35 bits per heavy atom. The van der Waals surface area contributed by atoms with Crippen LogP contribution in [0.1, 0.15) is 36.1 Å². The molecule has 0 saturated carbocycles. The lowest BCUT2D eigenvalue weighted by molar-refractivity contribution is 0.597. The first-order valence-electron chi connectivity index (χ1n) is 6.86. The molecule has 106 valence electrons. The minimum absolute atomic E-state index is 0.220. The Morgan fingerprint density at radius 1 is 1.05 bits per heavy atom. The van der Waals surface area contributed by atoms with Crippen LogP contribution in [-0.4, -0.2) is 6.54 Å². The van der Waals surface area contributed by atoms with Crippen molar-refractivity contribution in [1.82, 2.24) is 5.32 Å². The minimum Gasteiger partial charge on any atom is -0.306 e. The summed E-state index contributed by atoms with van der Waals surface area (Å²) in [5.41, 5.74) is 3.84. The van der Waals surface area contributed by atoms with Crippen LogP contribution < -0.4 is 5.32 Å². The monoisotopic (exact) mass is 395 g/mol. The van der Waals surface area contributed by atoms with Crippen LogP contribution in [0, 0.1) is 6.92 Å². The third-order valence-corrected chi connectivity index (χ3v) is 4.48. The number of hydrogen-bond acceptors (Lipinski definition) is 1. The second-order valence-electron chi connectivity index (χ2n) is 4.96. The van der Waals surface area contributed by atoms with Crippen LogP contribution in [0.15, 0.2) is 51.4 Å². The van der Waals surface area contributed by atoms with Gasteiger partial charge in [-0.3, -0.25) is 0 Å². The van der Waals surface area contributed by atoms with E-state index in [1.54, 1.807) is 0 Å². The van der Waals surface area contributed by atoms with Crippen molar-refractivity contribution in [2.24, 2.45) is 0 Å². The summed E-state index contributed by atoms with van der Waals surface area (Å²) in [6.45, 7) is 5.31. The molecule has 0 bridgehead atoms. The van der Waals surface area contributed by atoms with Crippen molar-refractivity contribution in [2.45, 2.75) is 26.3 Å². The summed E-state index contributed by atoms with van der Waals surface area (Å²) in [6.07, 6.45) is 1.12. The van der Waals surface area contributed by atoms with Crippen LogP contribution in [0.4, 0.5) is 0 Å². The second kappa shape index (κ2) is 7.39. The molecule has 2 aromatic rings. The summed E-state index contributed by atoms with van der Waals surface area (Å²) in [4.78, 5) is 0. The van der Waals surface area contributed by atoms with Crippen molar-refractivity contribution < 1.29 is 0 Å². The lowest BCUT2D eigenvalue weighted by Crippen LogP contribution is -2.23. The maximum Gasteiger partial charge on any atom is 0.0587 e. The fourth-order valence-corrected chi connectivity index (χ4v) is 3.20. The van der Waals surface area contributed by atoms with Crippen LogP contribution >= 0.6 is 31.9 Å². The number of rotatable bonds is 5. The minimum atomic E-state index is 0.220. The van der Waals surface area contributed by atoms with Gasteiger partial charge in [0.25, 0.3) is 0 Å². The van der Waals surface area contributed by atoms with Gasteiger partial charge in [-0.15, -0.1) is 0 Å². The molecule has 0 aliphatic carbocycles. The molecule has 0 radical (unpaired) electrons. The number of halogens is 2. The fourth-order valence-electron chi connectivity index (χ4n) is 2.22. The smallest absolute Gasteiger partial charge is 0.0587 e. The van der Waals surface area contributed by atoms with E-state index in [1.165, 1.54) is 16.7 Å². The second-order valence-corrected chi connectivity index (χ2v) is 6.73. The summed E-state index contributed by atoms with van der Waals surface area (Å²) >= 11 is 7.20. The highest BCUT2D eigenvalue weighted by molar-refractivity contribution is 9.10. The van der Waals surface area contributed by atoms with Gasteiger partial charge in [0.05, 0.1) is 6.04 Å². The normalized spacial score (nSPS) is 12.4. The number of benzene rings is 2. The van der Waals surface area contributed by atoms with Gasteiger partial charge < -0.3 is 5.32 Å². The van der Waals surface area contributed by atoms with Crippen molar-refractivity contribution in [3.8, 4) is 0 Å². The first kappa shape index (κ1) is 15.7. The summed E-state index contributed by atoms with van der Waals surface area (Å²) < 4.78 is 2.27. The Bertz CT molecular complexity index is 564. The van der Waals surface area contributed by atoms with Gasteiger partial charge in [0, 0.05) is 8.95 Å². The molecule has 1 N–H and O–H groups in total. The summed E-state index contributed by atoms with van der Waals surface area (Å²) in [5.74, 6) is 0. The van der Waals surface area contributed by atoms with Crippen LogP contribution in [0.25, 0.3) is 0 Å². The number of nitrogens with one attached hydrogen (secondary N) is 1. The van der Waals surface area contributed by atoms with Crippen molar-refractivity contribution in [3.63, 3.8) is 0 Å². The maximum atomic E-state index is 3.70. The summed E-state index contributed by atoms with van der Waals surface area (Å²) in [6, 6.07) is 15.3. The van der Waals surface area contributed by atoms with E-state index in [0.717, 1.165) is 21.9 Å². The lowest BCUT2D eigenvalue weighted by atomic mass is 9.97. The Balaban J connectivity index is 2.38. The highest BCUT2D eigenvalue weighted by Gasteiger charge is 2.16. The van der Waals surface area contributed by atoms with E-state index in [2.05, 4.69) is 93.5 Å². The van der Waals surface area contributed by atoms with Gasteiger partial charge in [0.1, 0.15) is 0 Å². The van der Waals surface area contributed by atoms with Gasteiger partial charge in [-0.2, -0.15) is 0 Å². The molecule has 0 amide bonds. The molecular formula is C17H19Br2N. The topological polar surface area (TPSA) is 12.0 Å². The van der Waals surface area contributed by atoms with Crippen LogP contribution in [-0.2, 0) is 0 Å². The zero-order valence-electron chi connectivity index (χ0n) is 11.8. The molecule has 0 aliphatic rings. The standard InChI is InChI=1S/C17H19Br2N/c1-3-10-20-17(13-5-7-14(18)8-6-13)15-9-4-12(2)11-16(15)19/h4-9,11,17,20H,3,10H2,1-2H3. The first-order valence-corrected chi connectivity index (χ1v) is 8.45. The predicted octanol–water partition coefficient (Wildman–Crippen LogP) is 5.61. The molecule has 1 unspecified atom stereocenters. The average Bonchev–Trinajstić information content (AvgIpc) is 2.42. The first-order chi connectivity index (χ1) is 9.61. The Hall–Kier alpha value is -0.640. The highest BCUT2D eigenvalue weighted by atomic mass is 79.9. The molecule has 20 heavy (non-hydrogen) atoms. The SMILES string of the molecule is CCCNC(c1ccc(Br)cc1)c1ccc(C)cc1Br. The Morgan fingerprint density at radius 2 is 1.75 bits per heavy atom. The quantitative estimate of drug-likeness (QED) is 0.692. The zero-order valence-corrected chi connectivity index (χ0v) is 15.0. The molecule has 0 heterocycles. The maximum absolute atomic E-state index is 3.70. The van der Waals surface area contributed by atoms with Gasteiger partial charge in [-0.1, -0.05) is 63.0 Å². The van der Waals surface area contributed by atoms with Crippen LogP contribution in [0.3, 0.4) is 0 Å². The summed E-state index contributed by atoms with van der Waals surface area (Å²) in [5, 5.41) is 3.64. The van der Waals surface area contributed by atoms with Gasteiger partial charge in [0.15, 0.2) is 0 Å². The van der Waals surface area contributed by atoms with Crippen molar-refractivity contribution in [1.29, 1.82) is 0 Å². The molecule has 1 nitrogen and oxygen atoms in total. The Kier molecular flexibility index (Phi) is 5.82. The third kappa shape index (κ3) is 3.94. The molecule has 0 saturated heterocycles. The molecule has 0 spiro atoms. The van der Waals surface area contributed by atoms with Gasteiger partial charge in [-0.25, -0.2) is 0 Å². The van der Waals surface area contributed by atoms with Crippen molar-refractivity contribution in [3.05, 3.63) is 68.1 Å². The molecular weight excluding hydrogens is 378 g/mol. The predicted molar refractivity (Wildman–Crippen MR) is 93.2 cm³/mol. The zero-order chi connectivity index (χ0) is 14.5. The van der Waals surface area contributed by atoms with Crippen LogP contribution in [0.2, 0.25) is 0 Å². The van der Waals surface area contributed by atoms with E-state index in [9.17, 15) is 0 Å². The van der Waals surface area contributed by atoms with Crippen molar-refractivity contribution >= 4 is 31.9 Å². The van der Waals surface area contributed by atoms with Gasteiger partial charge >= 0.3 is 0 Å².